The van der Waals surface area contributed by atoms with Crippen LogP contribution < -0.4 is 5.43 Å². The predicted octanol–water partition coefficient (Wildman–Crippen LogP) is 2.26. The van der Waals surface area contributed by atoms with Crippen LogP contribution in [0.1, 0.15) is 5.56 Å². The van der Waals surface area contributed by atoms with Gasteiger partial charge in [0.1, 0.15) is 12.7 Å². The molecule has 5 heteroatoms. The van der Waals surface area contributed by atoms with E-state index in [1.54, 1.807) is 24.3 Å². The minimum absolute atomic E-state index is 0.0774. The molecule has 5 nitrogen and oxygen atoms in total. The monoisotopic (exact) mass is 350 g/mol. The second kappa shape index (κ2) is 7.47. The summed E-state index contributed by atoms with van der Waals surface area (Å²) in [6.07, 6.45) is -1.13. The van der Waals surface area contributed by atoms with Crippen LogP contribution >= 0.6 is 0 Å². The topological polar surface area (TPSA) is 83.8 Å². The van der Waals surface area contributed by atoms with E-state index in [1.165, 1.54) is 0 Å². The molecule has 2 N–H and O–H groups in total. The minimum Gasteiger partial charge on any atom is -0.459 e. The van der Waals surface area contributed by atoms with Gasteiger partial charge in [0.2, 0.25) is 0 Å². The third-order valence-corrected chi connectivity index (χ3v) is 4.16. The summed E-state index contributed by atoms with van der Waals surface area (Å²) in [7, 11) is 0. The molecule has 0 saturated carbocycles. The number of aliphatic hydroxyl groups is 2. The summed E-state index contributed by atoms with van der Waals surface area (Å²) in [5.74, 6) is -0.690. The minimum atomic E-state index is -1.13. The molecule has 0 aliphatic rings. The van der Waals surface area contributed by atoms with Gasteiger partial charge in [-0.3, -0.25) is 4.79 Å². The number of hydrogen-bond donors (Lipinski definition) is 2. The summed E-state index contributed by atoms with van der Waals surface area (Å²) in [5.41, 5.74) is 0.558. The summed E-state index contributed by atoms with van der Waals surface area (Å²) < 4.78 is 4.92. The van der Waals surface area contributed by atoms with E-state index in [0.717, 1.165) is 5.39 Å². The molecule has 0 heterocycles. The zero-order chi connectivity index (χ0) is 18.7. The first kappa shape index (κ1) is 17.8. The van der Waals surface area contributed by atoms with Gasteiger partial charge in [-0.1, -0.05) is 49.0 Å². The number of carbonyl (C=O) groups is 1. The van der Waals surface area contributed by atoms with Gasteiger partial charge in [0.15, 0.2) is 5.43 Å². The Morgan fingerprint density at radius 3 is 2.50 bits per heavy atom. The Balaban J connectivity index is 1.99. The SMILES string of the molecule is C=C(C(=O)OCC(O)CO)c1ccc2c(=O)c3ccccc3ccc2c1. The first-order valence-corrected chi connectivity index (χ1v) is 8.12. The molecule has 1 atom stereocenters. The largest absolute Gasteiger partial charge is 0.459 e. The normalized spacial score (nSPS) is 12.1. The fraction of sp³-hybridized carbons (Fsp3) is 0.143. The first-order valence-electron chi connectivity index (χ1n) is 8.12. The van der Waals surface area contributed by atoms with E-state index in [9.17, 15) is 14.7 Å². The van der Waals surface area contributed by atoms with Gasteiger partial charge in [0.05, 0.1) is 12.2 Å². The average Bonchev–Trinajstić information content (AvgIpc) is 2.82. The molecule has 0 fully saturated rings. The second-order valence-corrected chi connectivity index (χ2v) is 5.97. The lowest BCUT2D eigenvalue weighted by Gasteiger charge is -2.10. The summed E-state index contributed by atoms with van der Waals surface area (Å²) in [4.78, 5) is 24.8. The van der Waals surface area contributed by atoms with Crippen LogP contribution in [0.15, 0.2) is 66.0 Å². The summed E-state index contributed by atoms with van der Waals surface area (Å²) in [6.45, 7) is 2.93. The predicted molar refractivity (Wildman–Crippen MR) is 101 cm³/mol. The van der Waals surface area contributed by atoms with Crippen LogP contribution in [-0.2, 0) is 9.53 Å². The van der Waals surface area contributed by atoms with Crippen molar-refractivity contribution in [2.24, 2.45) is 0 Å². The van der Waals surface area contributed by atoms with Crippen molar-refractivity contribution in [2.75, 3.05) is 13.2 Å². The van der Waals surface area contributed by atoms with Gasteiger partial charge in [-0.2, -0.15) is 0 Å². The van der Waals surface area contributed by atoms with Gasteiger partial charge >= 0.3 is 5.97 Å². The molecular formula is C21H18O5. The Morgan fingerprint density at radius 2 is 1.73 bits per heavy atom. The lowest BCUT2D eigenvalue weighted by atomic mass is 10.0. The highest BCUT2D eigenvalue weighted by molar-refractivity contribution is 6.16. The second-order valence-electron chi connectivity index (χ2n) is 5.97. The van der Waals surface area contributed by atoms with Crippen LogP contribution in [0.25, 0.3) is 27.1 Å². The van der Waals surface area contributed by atoms with Crippen LogP contribution in [0.3, 0.4) is 0 Å². The highest BCUT2D eigenvalue weighted by Gasteiger charge is 2.14. The molecular weight excluding hydrogens is 332 g/mol. The van der Waals surface area contributed by atoms with Gasteiger partial charge in [-0.05, 0) is 28.5 Å². The van der Waals surface area contributed by atoms with E-state index in [4.69, 9.17) is 9.84 Å². The number of esters is 1. The maximum atomic E-state index is 12.7. The zero-order valence-corrected chi connectivity index (χ0v) is 14.0. The summed E-state index contributed by atoms with van der Waals surface area (Å²) in [6, 6.07) is 16.1. The molecule has 3 aromatic rings. The molecule has 0 radical (unpaired) electrons. The first-order chi connectivity index (χ1) is 12.5. The van der Waals surface area contributed by atoms with Crippen molar-refractivity contribution >= 4 is 33.1 Å². The van der Waals surface area contributed by atoms with E-state index >= 15 is 0 Å². The summed E-state index contributed by atoms with van der Waals surface area (Å²) >= 11 is 0. The molecule has 132 valence electrons. The maximum Gasteiger partial charge on any atom is 0.338 e. The molecule has 0 aromatic heterocycles. The van der Waals surface area contributed by atoms with Crippen molar-refractivity contribution in [3.05, 3.63) is 77.0 Å². The van der Waals surface area contributed by atoms with Gasteiger partial charge in [-0.25, -0.2) is 4.79 Å². The Morgan fingerprint density at radius 1 is 1.04 bits per heavy atom. The standard InChI is InChI=1S/C21H18O5/c1-13(21(25)26-12-17(23)11-22)15-8-9-19-16(10-15)7-6-14-4-2-3-5-18(14)20(19)24/h2-10,17,22-23H,1,11-12H2. The lowest BCUT2D eigenvalue weighted by Crippen LogP contribution is -2.22. The third kappa shape index (κ3) is 3.49. The molecule has 0 saturated heterocycles. The molecule has 0 spiro atoms. The van der Waals surface area contributed by atoms with E-state index in [0.29, 0.717) is 21.7 Å². The van der Waals surface area contributed by atoms with Crippen molar-refractivity contribution in [1.29, 1.82) is 0 Å². The van der Waals surface area contributed by atoms with Gasteiger partial charge in [-0.15, -0.1) is 0 Å². The molecule has 1 unspecified atom stereocenters. The van der Waals surface area contributed by atoms with Crippen LogP contribution in [0.5, 0.6) is 0 Å². The molecule has 0 amide bonds. The smallest absolute Gasteiger partial charge is 0.338 e. The van der Waals surface area contributed by atoms with E-state index in [2.05, 4.69) is 6.58 Å². The van der Waals surface area contributed by atoms with Crippen LogP contribution in [-0.4, -0.2) is 35.5 Å². The fourth-order valence-electron chi connectivity index (χ4n) is 2.70. The molecule has 0 aliphatic heterocycles. The Bertz CT molecular complexity index is 1050. The maximum absolute atomic E-state index is 12.7. The average molecular weight is 350 g/mol. The number of fused-ring (bicyclic) bond motifs is 2. The van der Waals surface area contributed by atoms with Crippen LogP contribution in [0.2, 0.25) is 0 Å². The van der Waals surface area contributed by atoms with Crippen molar-refractivity contribution in [2.45, 2.75) is 6.10 Å². The number of benzene rings is 2. The number of carbonyl (C=O) groups excluding carboxylic acids is 1. The van der Waals surface area contributed by atoms with Gasteiger partial charge < -0.3 is 14.9 Å². The third-order valence-electron chi connectivity index (χ3n) is 4.16. The number of aliphatic hydroxyl groups excluding tert-OH is 2. The molecule has 3 rings (SSSR count). The number of hydrogen-bond acceptors (Lipinski definition) is 5. The molecule has 3 aromatic carbocycles. The van der Waals surface area contributed by atoms with Crippen molar-refractivity contribution < 1.29 is 19.7 Å². The zero-order valence-electron chi connectivity index (χ0n) is 14.0. The van der Waals surface area contributed by atoms with Crippen molar-refractivity contribution in [3.63, 3.8) is 0 Å². The van der Waals surface area contributed by atoms with E-state index in [1.807, 2.05) is 30.3 Å². The van der Waals surface area contributed by atoms with Crippen molar-refractivity contribution in [3.8, 4) is 0 Å². The van der Waals surface area contributed by atoms with Crippen molar-refractivity contribution in [1.82, 2.24) is 0 Å². The van der Waals surface area contributed by atoms with Crippen LogP contribution in [0.4, 0.5) is 0 Å². The Kier molecular flexibility index (Phi) is 5.11. The molecule has 26 heavy (non-hydrogen) atoms. The highest BCUT2D eigenvalue weighted by Crippen LogP contribution is 2.21. The number of rotatable bonds is 5. The fourth-order valence-corrected chi connectivity index (χ4v) is 2.70. The van der Waals surface area contributed by atoms with Gasteiger partial charge in [0, 0.05) is 10.8 Å². The lowest BCUT2D eigenvalue weighted by molar-refractivity contribution is -0.140. The quantitative estimate of drug-likeness (QED) is 0.545. The van der Waals surface area contributed by atoms with E-state index in [-0.39, 0.29) is 17.6 Å². The van der Waals surface area contributed by atoms with Crippen LogP contribution in [0, 0.1) is 0 Å². The highest BCUT2D eigenvalue weighted by atomic mass is 16.5. The Hall–Kier alpha value is -3.02. The summed E-state index contributed by atoms with van der Waals surface area (Å²) in [5, 5.41) is 20.7. The Labute approximate surface area is 149 Å². The molecule has 0 aliphatic carbocycles. The van der Waals surface area contributed by atoms with Gasteiger partial charge in [0.25, 0.3) is 0 Å². The van der Waals surface area contributed by atoms with E-state index < -0.39 is 18.7 Å². The number of ether oxygens (including phenoxy) is 1. The molecule has 0 bridgehead atoms.